The highest BCUT2D eigenvalue weighted by Gasteiger charge is 2.18. The van der Waals surface area contributed by atoms with Crippen molar-refractivity contribution in [3.63, 3.8) is 0 Å². The van der Waals surface area contributed by atoms with Crippen molar-refractivity contribution in [1.29, 1.82) is 0 Å². The van der Waals surface area contributed by atoms with Crippen LogP contribution in [0.1, 0.15) is 36.3 Å². The molecule has 0 aliphatic rings. The van der Waals surface area contributed by atoms with Crippen molar-refractivity contribution in [2.75, 3.05) is 6.61 Å². The van der Waals surface area contributed by atoms with Crippen molar-refractivity contribution in [2.24, 2.45) is 0 Å². The SMILES string of the molecule is CCCc1[nH]c(=O)cc(O)c1C(=O)OCC. The van der Waals surface area contributed by atoms with Gasteiger partial charge in [-0.25, -0.2) is 4.79 Å². The number of hydrogen-bond donors (Lipinski definition) is 2. The van der Waals surface area contributed by atoms with Gasteiger partial charge in [0.1, 0.15) is 11.3 Å². The van der Waals surface area contributed by atoms with Gasteiger partial charge in [0.05, 0.1) is 6.61 Å². The molecule has 0 saturated carbocycles. The Hall–Kier alpha value is -1.78. The minimum Gasteiger partial charge on any atom is -0.507 e. The number of carbonyl (C=O) groups is 1. The minimum atomic E-state index is -0.611. The van der Waals surface area contributed by atoms with Crippen LogP contribution in [0.15, 0.2) is 10.9 Å². The summed E-state index contributed by atoms with van der Waals surface area (Å²) in [5, 5.41) is 9.58. The van der Waals surface area contributed by atoms with Gasteiger partial charge in [-0.3, -0.25) is 4.79 Å². The van der Waals surface area contributed by atoms with Crippen LogP contribution in [0.4, 0.5) is 0 Å². The molecule has 0 unspecified atom stereocenters. The molecule has 0 aromatic carbocycles. The average Bonchev–Trinajstić information content (AvgIpc) is 2.17. The quantitative estimate of drug-likeness (QED) is 0.755. The normalized spacial score (nSPS) is 10.1. The number of rotatable bonds is 4. The lowest BCUT2D eigenvalue weighted by molar-refractivity contribution is 0.0521. The zero-order chi connectivity index (χ0) is 12.1. The predicted molar refractivity (Wildman–Crippen MR) is 58.7 cm³/mol. The van der Waals surface area contributed by atoms with Crippen LogP contribution in [0.5, 0.6) is 5.75 Å². The Kier molecular flexibility index (Phi) is 4.10. The monoisotopic (exact) mass is 225 g/mol. The molecule has 0 spiro atoms. The molecule has 0 fully saturated rings. The Morgan fingerprint density at radius 3 is 2.75 bits per heavy atom. The van der Waals surface area contributed by atoms with E-state index in [1.165, 1.54) is 0 Å². The summed E-state index contributed by atoms with van der Waals surface area (Å²) in [6.07, 6.45) is 1.27. The zero-order valence-electron chi connectivity index (χ0n) is 9.37. The number of aromatic nitrogens is 1. The second kappa shape index (κ2) is 5.34. The van der Waals surface area contributed by atoms with E-state index in [1.54, 1.807) is 6.92 Å². The fourth-order valence-corrected chi connectivity index (χ4v) is 1.47. The second-order valence-corrected chi connectivity index (χ2v) is 3.34. The number of carbonyl (C=O) groups excluding carboxylic acids is 1. The zero-order valence-corrected chi connectivity index (χ0v) is 9.37. The fourth-order valence-electron chi connectivity index (χ4n) is 1.47. The molecule has 5 nitrogen and oxygen atoms in total. The van der Waals surface area contributed by atoms with Crippen molar-refractivity contribution in [3.05, 3.63) is 27.7 Å². The van der Waals surface area contributed by atoms with E-state index >= 15 is 0 Å². The van der Waals surface area contributed by atoms with E-state index in [0.717, 1.165) is 12.5 Å². The van der Waals surface area contributed by atoms with Gasteiger partial charge in [0, 0.05) is 11.8 Å². The van der Waals surface area contributed by atoms with Gasteiger partial charge in [0.25, 0.3) is 5.56 Å². The highest BCUT2D eigenvalue weighted by Crippen LogP contribution is 2.19. The lowest BCUT2D eigenvalue weighted by Gasteiger charge is -2.09. The first-order chi connectivity index (χ1) is 7.60. The summed E-state index contributed by atoms with van der Waals surface area (Å²) >= 11 is 0. The summed E-state index contributed by atoms with van der Waals surface area (Å²) in [6.45, 7) is 3.82. The molecule has 16 heavy (non-hydrogen) atoms. The van der Waals surface area contributed by atoms with Gasteiger partial charge in [0.15, 0.2) is 0 Å². The highest BCUT2D eigenvalue weighted by atomic mass is 16.5. The Morgan fingerprint density at radius 1 is 1.50 bits per heavy atom. The van der Waals surface area contributed by atoms with Gasteiger partial charge in [-0.15, -0.1) is 0 Å². The van der Waals surface area contributed by atoms with Crippen molar-refractivity contribution in [3.8, 4) is 5.75 Å². The lowest BCUT2D eigenvalue weighted by atomic mass is 10.1. The minimum absolute atomic E-state index is 0.0586. The Labute approximate surface area is 93.1 Å². The molecule has 1 rings (SSSR count). The molecule has 0 bridgehead atoms. The molecule has 88 valence electrons. The molecule has 0 saturated heterocycles. The Bertz CT molecular complexity index is 436. The third kappa shape index (κ3) is 2.62. The standard InChI is InChI=1S/C11H15NO4/c1-3-5-7-10(11(15)16-4-2)8(13)6-9(14)12-7/h6H,3-5H2,1-2H3,(H2,12,13,14). The maximum atomic E-state index is 11.6. The number of hydrogen-bond acceptors (Lipinski definition) is 4. The highest BCUT2D eigenvalue weighted by molar-refractivity contribution is 5.93. The van der Waals surface area contributed by atoms with E-state index in [-0.39, 0.29) is 17.9 Å². The molecular weight excluding hydrogens is 210 g/mol. The molecule has 5 heteroatoms. The number of aromatic amines is 1. The van der Waals surface area contributed by atoms with Crippen LogP contribution in [-0.2, 0) is 11.2 Å². The number of aryl methyl sites for hydroxylation is 1. The van der Waals surface area contributed by atoms with E-state index in [0.29, 0.717) is 12.1 Å². The van der Waals surface area contributed by atoms with Gasteiger partial charge < -0.3 is 14.8 Å². The molecule has 2 N–H and O–H groups in total. The summed E-state index contributed by atoms with van der Waals surface area (Å²) in [7, 11) is 0. The van der Waals surface area contributed by atoms with Crippen LogP contribution < -0.4 is 5.56 Å². The smallest absolute Gasteiger partial charge is 0.343 e. The molecule has 1 heterocycles. The second-order valence-electron chi connectivity index (χ2n) is 3.34. The van der Waals surface area contributed by atoms with Crippen LogP contribution in [0.25, 0.3) is 0 Å². The van der Waals surface area contributed by atoms with Gasteiger partial charge >= 0.3 is 5.97 Å². The number of esters is 1. The van der Waals surface area contributed by atoms with E-state index in [9.17, 15) is 14.7 Å². The van der Waals surface area contributed by atoms with Gasteiger partial charge in [-0.1, -0.05) is 13.3 Å². The van der Waals surface area contributed by atoms with Gasteiger partial charge in [0.2, 0.25) is 0 Å². The number of nitrogens with one attached hydrogen (secondary N) is 1. The molecule has 0 aliphatic heterocycles. The van der Waals surface area contributed by atoms with E-state index in [1.807, 2.05) is 6.92 Å². The van der Waals surface area contributed by atoms with Crippen LogP contribution in [-0.4, -0.2) is 22.7 Å². The third-order valence-corrected chi connectivity index (χ3v) is 2.08. The lowest BCUT2D eigenvalue weighted by Crippen LogP contribution is -2.16. The van der Waals surface area contributed by atoms with Gasteiger partial charge in [-0.05, 0) is 13.3 Å². The maximum absolute atomic E-state index is 11.6. The van der Waals surface area contributed by atoms with Crippen molar-refractivity contribution in [1.82, 2.24) is 4.98 Å². The molecule has 0 aliphatic carbocycles. The number of ether oxygens (including phenoxy) is 1. The summed E-state index contributed by atoms with van der Waals surface area (Å²) in [4.78, 5) is 25.3. The molecule has 0 atom stereocenters. The first-order valence-corrected chi connectivity index (χ1v) is 5.22. The molecule has 0 amide bonds. The fraction of sp³-hybridized carbons (Fsp3) is 0.455. The molecular formula is C11H15NO4. The van der Waals surface area contributed by atoms with Crippen LogP contribution >= 0.6 is 0 Å². The first-order valence-electron chi connectivity index (χ1n) is 5.22. The number of H-pyrrole nitrogens is 1. The van der Waals surface area contributed by atoms with Crippen molar-refractivity contribution < 1.29 is 14.6 Å². The predicted octanol–water partition coefficient (Wildman–Crippen LogP) is 1.21. The Balaban J connectivity index is 3.23. The van der Waals surface area contributed by atoms with Gasteiger partial charge in [-0.2, -0.15) is 0 Å². The molecule has 1 aromatic heterocycles. The summed E-state index contributed by atoms with van der Waals surface area (Å²) in [5.74, 6) is -0.939. The summed E-state index contributed by atoms with van der Waals surface area (Å²) < 4.78 is 4.81. The maximum Gasteiger partial charge on any atom is 0.343 e. The van der Waals surface area contributed by atoms with E-state index < -0.39 is 11.5 Å². The third-order valence-electron chi connectivity index (χ3n) is 2.08. The van der Waals surface area contributed by atoms with Crippen molar-refractivity contribution >= 4 is 5.97 Å². The number of aromatic hydroxyl groups is 1. The van der Waals surface area contributed by atoms with Crippen molar-refractivity contribution in [2.45, 2.75) is 26.7 Å². The summed E-state index contributed by atoms with van der Waals surface area (Å²) in [6, 6.07) is 0.978. The largest absolute Gasteiger partial charge is 0.507 e. The topological polar surface area (TPSA) is 79.4 Å². The van der Waals surface area contributed by atoms with Crippen LogP contribution in [0.3, 0.4) is 0 Å². The first kappa shape index (κ1) is 12.3. The van der Waals surface area contributed by atoms with Crippen LogP contribution in [0, 0.1) is 0 Å². The summed E-state index contributed by atoms with van der Waals surface area (Å²) in [5.41, 5.74) is 0.0586. The Morgan fingerprint density at radius 2 is 2.19 bits per heavy atom. The molecule has 0 radical (unpaired) electrons. The number of pyridine rings is 1. The van der Waals surface area contributed by atoms with E-state index in [4.69, 9.17) is 4.74 Å². The van der Waals surface area contributed by atoms with Crippen LogP contribution in [0.2, 0.25) is 0 Å². The van der Waals surface area contributed by atoms with E-state index in [2.05, 4.69) is 4.98 Å². The average molecular weight is 225 g/mol. The molecule has 1 aromatic rings.